The van der Waals surface area contributed by atoms with Gasteiger partial charge in [-0.15, -0.1) is 0 Å². The van der Waals surface area contributed by atoms with Crippen LogP contribution in [0.15, 0.2) is 51.9 Å². The van der Waals surface area contributed by atoms with E-state index in [4.69, 9.17) is 9.26 Å². The average molecular weight is 469 g/mol. The number of rotatable bonds is 5. The molecule has 2 saturated carbocycles. The van der Waals surface area contributed by atoms with Crippen molar-refractivity contribution in [1.29, 1.82) is 0 Å². The van der Waals surface area contributed by atoms with Gasteiger partial charge in [0.2, 0.25) is 11.7 Å². The number of aryl methyl sites for hydroxylation is 1. The third-order valence-electron chi connectivity index (χ3n) is 7.02. The van der Waals surface area contributed by atoms with E-state index in [2.05, 4.69) is 14.9 Å². The number of carbonyl (C=O) groups is 1. The summed E-state index contributed by atoms with van der Waals surface area (Å²) in [4.78, 5) is 16.9. The highest BCUT2D eigenvalue weighted by atomic mass is 32.2. The van der Waals surface area contributed by atoms with Gasteiger partial charge in [0.15, 0.2) is 0 Å². The van der Waals surface area contributed by atoms with Crippen LogP contribution in [0.3, 0.4) is 0 Å². The Labute approximate surface area is 189 Å². The molecule has 1 saturated heterocycles. The molecular formula is C23H20FN3O5S. The van der Waals surface area contributed by atoms with Crippen LogP contribution >= 0.6 is 0 Å². The summed E-state index contributed by atoms with van der Waals surface area (Å²) in [6.07, 6.45) is 1.75. The monoisotopic (exact) mass is 469 g/mol. The molecule has 2 heterocycles. The Morgan fingerprint density at radius 1 is 1.12 bits per heavy atom. The van der Waals surface area contributed by atoms with Crippen molar-refractivity contribution in [3.63, 3.8) is 0 Å². The Kier molecular flexibility index (Phi) is 4.39. The summed E-state index contributed by atoms with van der Waals surface area (Å²) in [6, 6.07) is 10.1. The Bertz CT molecular complexity index is 1390. The number of nitrogens with one attached hydrogen (secondary N) is 1. The largest absolute Gasteiger partial charge is 0.462 e. The number of aromatic nitrogens is 2. The van der Waals surface area contributed by atoms with E-state index in [9.17, 15) is 17.6 Å². The third-order valence-corrected chi connectivity index (χ3v) is 8.55. The number of anilines is 1. The minimum absolute atomic E-state index is 0.0154. The number of nitrogens with zero attached hydrogens (tertiary/aromatic N) is 2. The fourth-order valence-corrected chi connectivity index (χ4v) is 6.94. The van der Waals surface area contributed by atoms with Crippen LogP contribution in [-0.2, 0) is 19.6 Å². The molecule has 6 rings (SSSR count). The average Bonchev–Trinajstić information content (AvgIpc) is 3.50. The number of fused-ring (bicyclic) bond motifs is 1. The Hall–Kier alpha value is -3.27. The predicted molar refractivity (Wildman–Crippen MR) is 114 cm³/mol. The molecular weight excluding hydrogens is 449 g/mol. The third kappa shape index (κ3) is 3.23. The van der Waals surface area contributed by atoms with E-state index >= 15 is 0 Å². The SMILES string of the molecule is Cc1ccc(-c2noc([C@@H]3[C@@H]4C[C@@H]5[C@H]3C(=O)O[C@@H]5C4)n2)cc1S(=O)(=O)Nc1cccc(F)c1. The minimum atomic E-state index is -3.99. The van der Waals surface area contributed by atoms with Gasteiger partial charge in [-0.3, -0.25) is 9.52 Å². The normalized spacial score (nSPS) is 27.7. The number of sulfonamides is 1. The summed E-state index contributed by atoms with van der Waals surface area (Å²) in [5, 5.41) is 4.07. The molecule has 8 nitrogen and oxygen atoms in total. The fraction of sp³-hybridized carbons (Fsp3) is 0.348. The molecule has 3 aliphatic rings. The van der Waals surface area contributed by atoms with E-state index in [-0.39, 0.29) is 52.2 Å². The van der Waals surface area contributed by atoms with E-state index in [1.165, 1.54) is 24.3 Å². The van der Waals surface area contributed by atoms with Gasteiger partial charge in [0.1, 0.15) is 11.9 Å². The molecule has 0 amide bonds. The van der Waals surface area contributed by atoms with Crippen molar-refractivity contribution in [2.24, 2.45) is 17.8 Å². The van der Waals surface area contributed by atoms with Crippen LogP contribution in [0.25, 0.3) is 11.4 Å². The van der Waals surface area contributed by atoms with Crippen LogP contribution in [0.1, 0.15) is 30.2 Å². The lowest BCUT2D eigenvalue weighted by molar-refractivity contribution is -0.143. The second-order valence-corrected chi connectivity index (χ2v) is 10.6. The second kappa shape index (κ2) is 7.11. The first-order valence-electron chi connectivity index (χ1n) is 10.7. The zero-order valence-electron chi connectivity index (χ0n) is 17.6. The Balaban J connectivity index is 1.31. The first-order chi connectivity index (χ1) is 15.8. The van der Waals surface area contributed by atoms with Gasteiger partial charge in [-0.2, -0.15) is 4.98 Å². The lowest BCUT2D eigenvalue weighted by atomic mass is 9.80. The molecule has 2 aliphatic carbocycles. The number of carbonyl (C=O) groups excluding carboxylic acids is 1. The van der Waals surface area contributed by atoms with Gasteiger partial charge in [0.05, 0.1) is 22.4 Å². The van der Waals surface area contributed by atoms with E-state index < -0.39 is 15.8 Å². The number of hydrogen-bond acceptors (Lipinski definition) is 7. The molecule has 0 radical (unpaired) electrons. The molecule has 2 aromatic carbocycles. The van der Waals surface area contributed by atoms with Crippen molar-refractivity contribution in [2.45, 2.75) is 36.7 Å². The molecule has 5 atom stereocenters. The minimum Gasteiger partial charge on any atom is -0.462 e. The number of halogens is 1. The van der Waals surface area contributed by atoms with E-state index in [1.807, 2.05) is 0 Å². The maximum atomic E-state index is 13.5. The van der Waals surface area contributed by atoms with Gasteiger partial charge < -0.3 is 9.26 Å². The number of benzene rings is 2. The summed E-state index contributed by atoms with van der Waals surface area (Å²) in [5.41, 5.74) is 1.10. The Morgan fingerprint density at radius 3 is 2.79 bits per heavy atom. The van der Waals surface area contributed by atoms with Crippen LogP contribution in [0.4, 0.5) is 10.1 Å². The lowest BCUT2D eigenvalue weighted by Gasteiger charge is -2.20. The highest BCUT2D eigenvalue weighted by Gasteiger charge is 2.63. The van der Waals surface area contributed by atoms with Crippen LogP contribution in [0, 0.1) is 30.5 Å². The van der Waals surface area contributed by atoms with Crippen molar-refractivity contribution >= 4 is 21.7 Å². The van der Waals surface area contributed by atoms with Gasteiger partial charge in [-0.05, 0) is 55.5 Å². The van der Waals surface area contributed by atoms with Crippen molar-refractivity contribution < 1.29 is 26.9 Å². The fourth-order valence-electron chi connectivity index (χ4n) is 5.62. The predicted octanol–water partition coefficient (Wildman–Crippen LogP) is 3.65. The highest BCUT2D eigenvalue weighted by Crippen LogP contribution is 2.61. The van der Waals surface area contributed by atoms with Gasteiger partial charge in [-0.25, -0.2) is 12.8 Å². The van der Waals surface area contributed by atoms with Crippen LogP contribution < -0.4 is 4.72 Å². The van der Waals surface area contributed by atoms with Gasteiger partial charge in [0, 0.05) is 11.5 Å². The Morgan fingerprint density at radius 2 is 1.97 bits per heavy atom. The molecule has 170 valence electrons. The number of ether oxygens (including phenoxy) is 1. The molecule has 10 heteroatoms. The summed E-state index contributed by atoms with van der Waals surface area (Å²) in [6.45, 7) is 1.67. The molecule has 3 aromatic rings. The molecule has 0 unspecified atom stereocenters. The number of esters is 1. The molecule has 1 N–H and O–H groups in total. The van der Waals surface area contributed by atoms with Gasteiger partial charge in [-0.1, -0.05) is 23.4 Å². The van der Waals surface area contributed by atoms with E-state index in [0.717, 1.165) is 18.9 Å². The molecule has 1 aliphatic heterocycles. The summed E-state index contributed by atoms with van der Waals surface area (Å²) in [5.74, 6) is -0.0140. The topological polar surface area (TPSA) is 111 Å². The molecule has 3 fully saturated rings. The zero-order valence-corrected chi connectivity index (χ0v) is 18.4. The van der Waals surface area contributed by atoms with E-state index in [1.54, 1.807) is 19.1 Å². The number of hydrogen-bond donors (Lipinski definition) is 1. The maximum Gasteiger partial charge on any atom is 0.310 e. The summed E-state index contributed by atoms with van der Waals surface area (Å²) >= 11 is 0. The zero-order chi connectivity index (χ0) is 22.9. The van der Waals surface area contributed by atoms with Crippen molar-refractivity contribution in [3.05, 3.63) is 59.7 Å². The van der Waals surface area contributed by atoms with Gasteiger partial charge in [0.25, 0.3) is 10.0 Å². The smallest absolute Gasteiger partial charge is 0.310 e. The lowest BCUT2D eigenvalue weighted by Crippen LogP contribution is -2.24. The molecule has 1 aromatic heterocycles. The first-order valence-corrected chi connectivity index (χ1v) is 12.2. The van der Waals surface area contributed by atoms with Crippen LogP contribution in [0.2, 0.25) is 0 Å². The van der Waals surface area contributed by atoms with Crippen LogP contribution in [-0.4, -0.2) is 30.6 Å². The quantitative estimate of drug-likeness (QED) is 0.568. The van der Waals surface area contributed by atoms with Crippen molar-refractivity contribution in [3.8, 4) is 11.4 Å². The molecule has 33 heavy (non-hydrogen) atoms. The highest BCUT2D eigenvalue weighted by molar-refractivity contribution is 7.92. The maximum absolute atomic E-state index is 13.5. The van der Waals surface area contributed by atoms with Crippen LogP contribution in [0.5, 0.6) is 0 Å². The first kappa shape index (κ1) is 20.3. The molecule has 2 bridgehead atoms. The standard InChI is InChI=1S/C23H20FN3O5S/c1-11-5-6-12(9-18(11)33(29,30)27-15-4-2-3-14(24)10-15)21-25-22(32-26-21)19-13-7-16-17(8-13)31-23(28)20(16)19/h2-6,9-10,13,16-17,19-20,27H,7-8H2,1H3/t13-,16+,17-,19-,20-/m1/s1. The van der Waals surface area contributed by atoms with Gasteiger partial charge >= 0.3 is 5.97 Å². The molecule has 0 spiro atoms. The van der Waals surface area contributed by atoms with E-state index in [0.29, 0.717) is 17.0 Å². The summed E-state index contributed by atoms with van der Waals surface area (Å²) in [7, 11) is -3.99. The summed E-state index contributed by atoms with van der Waals surface area (Å²) < 4.78 is 52.9. The second-order valence-electron chi connectivity index (χ2n) is 8.97. The van der Waals surface area contributed by atoms with Crippen molar-refractivity contribution in [2.75, 3.05) is 4.72 Å². The van der Waals surface area contributed by atoms with Crippen molar-refractivity contribution in [1.82, 2.24) is 10.1 Å².